The van der Waals surface area contributed by atoms with Crippen LogP contribution in [0.1, 0.15) is 49.9 Å². The SMILES string of the molecule is C[C@@H]1CN([C@H](C)CO)C(=O)c2cc(-c3ccc(F)cc3)cnc2O[C@H]1CN(C)C(=O)NC1CCCC1. The van der Waals surface area contributed by atoms with E-state index in [0.29, 0.717) is 18.7 Å². The van der Waals surface area contributed by atoms with Crippen molar-refractivity contribution in [3.8, 4) is 17.0 Å². The monoisotopic (exact) mass is 498 g/mol. The molecule has 0 radical (unpaired) electrons. The standard InChI is InChI=1S/C27H35FN4O4/c1-17-14-32(18(2)16-33)26(34)23-12-20(19-8-10-21(28)11-9-19)13-29-25(23)36-24(17)15-31(3)27(35)30-22-6-4-5-7-22/h8-13,17-18,22,24,33H,4-7,14-16H2,1-3H3,(H,30,35)/t17-,18-,24+/m1/s1. The maximum Gasteiger partial charge on any atom is 0.317 e. The van der Waals surface area contributed by atoms with Gasteiger partial charge in [-0.15, -0.1) is 0 Å². The second kappa shape index (κ2) is 11.2. The molecule has 8 nitrogen and oxygen atoms in total. The van der Waals surface area contributed by atoms with Crippen molar-refractivity contribution < 1.29 is 23.8 Å². The van der Waals surface area contributed by atoms with E-state index in [1.54, 1.807) is 48.2 Å². The van der Waals surface area contributed by atoms with Crippen LogP contribution in [0.25, 0.3) is 11.1 Å². The number of rotatable bonds is 6. The van der Waals surface area contributed by atoms with E-state index in [-0.39, 0.29) is 47.8 Å². The number of nitrogens with one attached hydrogen (secondary N) is 1. The molecule has 1 fully saturated rings. The lowest BCUT2D eigenvalue weighted by Gasteiger charge is -2.37. The number of likely N-dealkylation sites (N-methyl/N-ethyl adjacent to an activating group) is 1. The van der Waals surface area contributed by atoms with Crippen LogP contribution in [0.4, 0.5) is 9.18 Å². The molecule has 194 valence electrons. The molecule has 3 amide bonds. The molecule has 4 rings (SSSR count). The van der Waals surface area contributed by atoms with E-state index in [4.69, 9.17) is 4.74 Å². The Bertz CT molecular complexity index is 1070. The molecule has 0 unspecified atom stereocenters. The van der Waals surface area contributed by atoms with Gasteiger partial charge in [-0.25, -0.2) is 14.2 Å². The fraction of sp³-hybridized carbons (Fsp3) is 0.519. The van der Waals surface area contributed by atoms with Gasteiger partial charge in [0.25, 0.3) is 5.91 Å². The molecule has 1 aliphatic carbocycles. The lowest BCUT2D eigenvalue weighted by molar-refractivity contribution is 0.0351. The third-order valence-electron chi connectivity index (χ3n) is 7.18. The van der Waals surface area contributed by atoms with Crippen LogP contribution >= 0.6 is 0 Å². The third kappa shape index (κ3) is 5.78. The first-order valence-corrected chi connectivity index (χ1v) is 12.6. The number of ether oxygens (including phenoxy) is 1. The summed E-state index contributed by atoms with van der Waals surface area (Å²) in [6.45, 7) is 4.24. The Morgan fingerprint density at radius 2 is 1.97 bits per heavy atom. The molecule has 9 heteroatoms. The Morgan fingerprint density at radius 3 is 2.64 bits per heavy atom. The highest BCUT2D eigenvalue weighted by Crippen LogP contribution is 2.30. The first-order chi connectivity index (χ1) is 17.3. The molecule has 1 aromatic carbocycles. The van der Waals surface area contributed by atoms with Gasteiger partial charge in [0.1, 0.15) is 17.5 Å². The predicted octanol–water partition coefficient (Wildman–Crippen LogP) is 3.69. The predicted molar refractivity (Wildman–Crippen MR) is 134 cm³/mol. The highest BCUT2D eigenvalue weighted by molar-refractivity contribution is 5.98. The zero-order valence-corrected chi connectivity index (χ0v) is 21.1. The van der Waals surface area contributed by atoms with Gasteiger partial charge in [-0.2, -0.15) is 0 Å². The van der Waals surface area contributed by atoms with E-state index < -0.39 is 12.1 Å². The summed E-state index contributed by atoms with van der Waals surface area (Å²) in [5.74, 6) is -0.586. The van der Waals surface area contributed by atoms with Crippen LogP contribution in [0, 0.1) is 11.7 Å². The molecule has 0 bridgehead atoms. The minimum atomic E-state index is -0.422. The summed E-state index contributed by atoms with van der Waals surface area (Å²) in [5, 5.41) is 12.9. The summed E-state index contributed by atoms with van der Waals surface area (Å²) >= 11 is 0. The molecule has 36 heavy (non-hydrogen) atoms. The number of hydrogen-bond donors (Lipinski definition) is 2. The largest absolute Gasteiger partial charge is 0.472 e. The molecule has 1 aromatic heterocycles. The zero-order valence-electron chi connectivity index (χ0n) is 21.1. The van der Waals surface area contributed by atoms with Crippen molar-refractivity contribution in [1.82, 2.24) is 20.1 Å². The van der Waals surface area contributed by atoms with Gasteiger partial charge in [-0.05, 0) is 43.5 Å². The highest BCUT2D eigenvalue weighted by atomic mass is 19.1. The molecule has 0 saturated heterocycles. The summed E-state index contributed by atoms with van der Waals surface area (Å²) in [6.07, 6.45) is 5.44. The number of aromatic nitrogens is 1. The first kappa shape index (κ1) is 25.9. The molecular weight excluding hydrogens is 463 g/mol. The van der Waals surface area contributed by atoms with E-state index in [1.165, 1.54) is 12.1 Å². The number of hydrogen-bond acceptors (Lipinski definition) is 5. The summed E-state index contributed by atoms with van der Waals surface area (Å²) in [5.41, 5.74) is 1.64. The van der Waals surface area contributed by atoms with Gasteiger partial charge in [0.2, 0.25) is 5.88 Å². The summed E-state index contributed by atoms with van der Waals surface area (Å²) in [6, 6.07) is 7.32. The summed E-state index contributed by atoms with van der Waals surface area (Å²) in [4.78, 5) is 34.1. The normalized spacial score (nSPS) is 21.2. The molecule has 2 aromatic rings. The molecular formula is C27H35FN4O4. The van der Waals surface area contributed by atoms with Crippen molar-refractivity contribution in [2.45, 2.75) is 57.7 Å². The van der Waals surface area contributed by atoms with Crippen molar-refractivity contribution in [3.63, 3.8) is 0 Å². The van der Waals surface area contributed by atoms with Gasteiger partial charge >= 0.3 is 6.03 Å². The number of halogens is 1. The number of carbonyl (C=O) groups excluding carboxylic acids is 2. The van der Waals surface area contributed by atoms with E-state index in [1.807, 2.05) is 6.92 Å². The fourth-order valence-corrected chi connectivity index (χ4v) is 4.83. The molecule has 3 atom stereocenters. The smallest absolute Gasteiger partial charge is 0.317 e. The van der Waals surface area contributed by atoms with Crippen molar-refractivity contribution in [1.29, 1.82) is 0 Å². The van der Waals surface area contributed by atoms with Gasteiger partial charge in [0.15, 0.2) is 0 Å². The highest BCUT2D eigenvalue weighted by Gasteiger charge is 2.35. The van der Waals surface area contributed by atoms with Crippen LogP contribution in [-0.4, -0.2) is 76.8 Å². The number of carbonyl (C=O) groups is 2. The lowest BCUT2D eigenvalue weighted by Crippen LogP contribution is -2.52. The third-order valence-corrected chi connectivity index (χ3v) is 7.18. The zero-order chi connectivity index (χ0) is 25.8. The van der Waals surface area contributed by atoms with Crippen molar-refractivity contribution in [2.75, 3.05) is 26.7 Å². The minimum Gasteiger partial charge on any atom is -0.472 e. The number of urea groups is 1. The molecule has 1 aliphatic heterocycles. The van der Waals surface area contributed by atoms with Gasteiger partial charge in [-0.1, -0.05) is 31.9 Å². The van der Waals surface area contributed by atoms with Crippen molar-refractivity contribution >= 4 is 11.9 Å². The number of benzene rings is 1. The number of aliphatic hydroxyl groups excluding tert-OH is 1. The molecule has 2 N–H and O–H groups in total. The Kier molecular flexibility index (Phi) is 8.08. The van der Waals surface area contributed by atoms with Crippen LogP contribution in [0.2, 0.25) is 0 Å². The Balaban J connectivity index is 1.62. The second-order valence-electron chi connectivity index (χ2n) is 10.0. The number of nitrogens with zero attached hydrogens (tertiary/aromatic N) is 3. The van der Waals surface area contributed by atoms with Gasteiger partial charge in [0, 0.05) is 37.3 Å². The van der Waals surface area contributed by atoms with Gasteiger partial charge < -0.3 is 25.0 Å². The first-order valence-electron chi connectivity index (χ1n) is 12.6. The molecule has 0 spiro atoms. The van der Waals surface area contributed by atoms with Gasteiger partial charge in [-0.3, -0.25) is 4.79 Å². The lowest BCUT2D eigenvalue weighted by atomic mass is 9.99. The van der Waals surface area contributed by atoms with Crippen LogP contribution in [0.15, 0.2) is 36.5 Å². The Labute approximate surface area is 211 Å². The summed E-state index contributed by atoms with van der Waals surface area (Å²) < 4.78 is 19.7. The quantitative estimate of drug-likeness (QED) is 0.634. The van der Waals surface area contributed by atoms with E-state index in [9.17, 15) is 19.1 Å². The molecule has 2 aliphatic rings. The van der Waals surface area contributed by atoms with Crippen LogP contribution in [0.3, 0.4) is 0 Å². The van der Waals surface area contributed by atoms with E-state index >= 15 is 0 Å². The number of amides is 3. The maximum atomic E-state index is 13.6. The topological polar surface area (TPSA) is 95.0 Å². The second-order valence-corrected chi connectivity index (χ2v) is 10.0. The average Bonchev–Trinajstić information content (AvgIpc) is 3.39. The maximum absolute atomic E-state index is 13.6. The fourth-order valence-electron chi connectivity index (χ4n) is 4.83. The summed E-state index contributed by atoms with van der Waals surface area (Å²) in [7, 11) is 1.74. The number of aliphatic hydroxyl groups is 1. The average molecular weight is 499 g/mol. The van der Waals surface area contributed by atoms with Crippen molar-refractivity contribution in [2.24, 2.45) is 5.92 Å². The number of pyridine rings is 1. The van der Waals surface area contributed by atoms with Crippen LogP contribution < -0.4 is 10.1 Å². The van der Waals surface area contributed by atoms with Gasteiger partial charge in [0.05, 0.1) is 19.2 Å². The van der Waals surface area contributed by atoms with Crippen LogP contribution in [-0.2, 0) is 0 Å². The Hall–Kier alpha value is -3.20. The van der Waals surface area contributed by atoms with E-state index in [2.05, 4.69) is 10.3 Å². The molecule has 2 heterocycles. The number of fused-ring (bicyclic) bond motifs is 1. The van der Waals surface area contributed by atoms with Crippen LogP contribution in [0.5, 0.6) is 5.88 Å². The van der Waals surface area contributed by atoms with Crippen molar-refractivity contribution in [3.05, 3.63) is 47.9 Å². The molecule has 1 saturated carbocycles. The Morgan fingerprint density at radius 1 is 1.28 bits per heavy atom. The minimum absolute atomic E-state index is 0.128. The van der Waals surface area contributed by atoms with E-state index in [0.717, 1.165) is 31.2 Å².